The van der Waals surface area contributed by atoms with Gasteiger partial charge in [0, 0.05) is 6.04 Å². The molecule has 4 heteroatoms. The lowest BCUT2D eigenvalue weighted by molar-refractivity contribution is -0.0309. The van der Waals surface area contributed by atoms with E-state index in [2.05, 4.69) is 21.7 Å². The summed E-state index contributed by atoms with van der Waals surface area (Å²) in [5, 5.41) is 8.51. The Kier molecular flexibility index (Phi) is 2.31. The fraction of sp³-hybridized carbons (Fsp3) is 0.857. The Hall–Kier alpha value is -0.900. The van der Waals surface area contributed by atoms with Crippen LogP contribution in [0, 0.1) is 30.6 Å². The quantitative estimate of drug-likeness (QED) is 0.868. The topological polar surface area (TPSA) is 56.7 Å². The third-order valence-corrected chi connectivity index (χ3v) is 5.59. The highest BCUT2D eigenvalue weighted by Gasteiger charge is 2.49. The molecule has 5 rings (SSSR count). The molecule has 1 aromatic heterocycles. The van der Waals surface area contributed by atoms with Gasteiger partial charge in [-0.2, -0.15) is 0 Å². The van der Waals surface area contributed by atoms with Crippen LogP contribution in [-0.4, -0.2) is 14.8 Å². The van der Waals surface area contributed by atoms with Gasteiger partial charge in [0.15, 0.2) is 0 Å². The third-order valence-electron chi connectivity index (χ3n) is 5.59. The standard InChI is InChI=1S/C14H22N4/c1-8-16-17-13(7-15)18(8)14-11-3-9-2-10(5-11)6-12(14)4-9/h9-12,14H,2-7,15H2,1H3. The SMILES string of the molecule is Cc1nnc(CN)n1C1C2CC3CC(C2)CC1C3. The fourth-order valence-corrected chi connectivity index (χ4v) is 5.26. The van der Waals surface area contributed by atoms with Crippen LogP contribution in [0.15, 0.2) is 0 Å². The number of hydrogen-bond acceptors (Lipinski definition) is 3. The Balaban J connectivity index is 1.74. The summed E-state index contributed by atoms with van der Waals surface area (Å²) >= 11 is 0. The summed E-state index contributed by atoms with van der Waals surface area (Å²) in [5.74, 6) is 5.81. The lowest BCUT2D eigenvalue weighted by Gasteiger charge is -2.54. The molecule has 0 aromatic carbocycles. The molecule has 4 nitrogen and oxygen atoms in total. The number of aryl methyl sites for hydroxylation is 1. The normalized spacial score (nSPS) is 41.6. The second-order valence-electron chi connectivity index (χ2n) is 6.66. The zero-order chi connectivity index (χ0) is 12.3. The fourth-order valence-electron chi connectivity index (χ4n) is 5.26. The van der Waals surface area contributed by atoms with E-state index in [0.717, 1.165) is 35.3 Å². The van der Waals surface area contributed by atoms with E-state index in [0.29, 0.717) is 12.6 Å². The molecule has 2 N–H and O–H groups in total. The van der Waals surface area contributed by atoms with E-state index in [1.807, 2.05) is 0 Å². The first kappa shape index (κ1) is 11.0. The van der Waals surface area contributed by atoms with E-state index in [9.17, 15) is 0 Å². The molecular formula is C14H22N4. The molecule has 98 valence electrons. The Bertz CT molecular complexity index is 436. The summed E-state index contributed by atoms with van der Waals surface area (Å²) in [7, 11) is 0. The molecular weight excluding hydrogens is 224 g/mol. The molecule has 0 amide bonds. The van der Waals surface area contributed by atoms with Crippen LogP contribution in [0.1, 0.15) is 49.8 Å². The van der Waals surface area contributed by atoms with Crippen LogP contribution in [-0.2, 0) is 6.54 Å². The highest BCUT2D eigenvalue weighted by molar-refractivity contribution is 5.06. The van der Waals surface area contributed by atoms with Gasteiger partial charge in [-0.05, 0) is 62.7 Å². The smallest absolute Gasteiger partial charge is 0.147 e. The van der Waals surface area contributed by atoms with Crippen LogP contribution in [0.2, 0.25) is 0 Å². The molecule has 1 heterocycles. The zero-order valence-electron chi connectivity index (χ0n) is 11.0. The van der Waals surface area contributed by atoms with Gasteiger partial charge >= 0.3 is 0 Å². The monoisotopic (exact) mass is 246 g/mol. The van der Waals surface area contributed by atoms with Crippen molar-refractivity contribution in [3.05, 3.63) is 11.6 Å². The zero-order valence-corrected chi connectivity index (χ0v) is 11.0. The van der Waals surface area contributed by atoms with Crippen LogP contribution in [0.4, 0.5) is 0 Å². The van der Waals surface area contributed by atoms with Crippen molar-refractivity contribution in [2.24, 2.45) is 29.4 Å². The lowest BCUT2D eigenvalue weighted by Crippen LogP contribution is -2.46. The molecule has 1 aromatic rings. The second kappa shape index (κ2) is 3.80. The average Bonchev–Trinajstić information content (AvgIpc) is 2.70. The van der Waals surface area contributed by atoms with Crippen LogP contribution in [0.3, 0.4) is 0 Å². The highest BCUT2D eigenvalue weighted by Crippen LogP contribution is 2.58. The first-order valence-corrected chi connectivity index (χ1v) is 7.36. The molecule has 4 fully saturated rings. The van der Waals surface area contributed by atoms with Crippen molar-refractivity contribution >= 4 is 0 Å². The maximum atomic E-state index is 5.83. The largest absolute Gasteiger partial charge is 0.324 e. The van der Waals surface area contributed by atoms with Gasteiger partial charge in [0.25, 0.3) is 0 Å². The summed E-state index contributed by atoms with van der Waals surface area (Å²) in [6, 6.07) is 0.645. The molecule has 18 heavy (non-hydrogen) atoms. The van der Waals surface area contributed by atoms with Gasteiger partial charge in [-0.1, -0.05) is 0 Å². The van der Waals surface area contributed by atoms with Gasteiger partial charge in [-0.3, -0.25) is 0 Å². The predicted octanol–water partition coefficient (Wildman–Crippen LogP) is 2.04. The molecule has 0 saturated heterocycles. The number of nitrogens with two attached hydrogens (primary N) is 1. The van der Waals surface area contributed by atoms with Crippen molar-refractivity contribution in [1.82, 2.24) is 14.8 Å². The van der Waals surface area contributed by atoms with E-state index in [-0.39, 0.29) is 0 Å². The summed E-state index contributed by atoms with van der Waals surface area (Å²) < 4.78 is 2.38. The first-order valence-electron chi connectivity index (χ1n) is 7.36. The minimum absolute atomic E-state index is 0.517. The average molecular weight is 246 g/mol. The predicted molar refractivity (Wildman–Crippen MR) is 68.7 cm³/mol. The van der Waals surface area contributed by atoms with Gasteiger partial charge in [0.05, 0.1) is 6.54 Å². The molecule has 0 spiro atoms. The first-order chi connectivity index (χ1) is 8.76. The van der Waals surface area contributed by atoms with Crippen molar-refractivity contribution in [3.63, 3.8) is 0 Å². The van der Waals surface area contributed by atoms with Gasteiger partial charge in [-0.15, -0.1) is 10.2 Å². The van der Waals surface area contributed by atoms with Crippen molar-refractivity contribution in [3.8, 4) is 0 Å². The lowest BCUT2D eigenvalue weighted by atomic mass is 9.54. The van der Waals surface area contributed by atoms with Crippen molar-refractivity contribution < 1.29 is 0 Å². The summed E-state index contributed by atoms with van der Waals surface area (Å²) in [6.07, 6.45) is 7.22. The molecule has 4 aliphatic rings. The summed E-state index contributed by atoms with van der Waals surface area (Å²) in [6.45, 7) is 2.60. The highest BCUT2D eigenvalue weighted by atomic mass is 15.3. The third kappa shape index (κ3) is 1.41. The van der Waals surface area contributed by atoms with Crippen LogP contribution in [0.5, 0.6) is 0 Å². The van der Waals surface area contributed by atoms with Gasteiger partial charge in [0.1, 0.15) is 11.6 Å². The van der Waals surface area contributed by atoms with Crippen LogP contribution >= 0.6 is 0 Å². The number of hydrogen-bond donors (Lipinski definition) is 1. The maximum Gasteiger partial charge on any atom is 0.147 e. The molecule has 0 unspecified atom stereocenters. The van der Waals surface area contributed by atoms with Crippen molar-refractivity contribution in [2.45, 2.75) is 51.6 Å². The summed E-state index contributed by atoms with van der Waals surface area (Å²) in [4.78, 5) is 0. The van der Waals surface area contributed by atoms with E-state index >= 15 is 0 Å². The minimum Gasteiger partial charge on any atom is -0.324 e. The molecule has 4 aliphatic carbocycles. The molecule has 0 atom stereocenters. The van der Waals surface area contributed by atoms with Gasteiger partial charge in [-0.25, -0.2) is 0 Å². The molecule has 0 aliphatic heterocycles. The summed E-state index contributed by atoms with van der Waals surface area (Å²) in [5.41, 5.74) is 5.83. The second-order valence-corrected chi connectivity index (χ2v) is 6.66. The Labute approximate surface area is 108 Å². The van der Waals surface area contributed by atoms with Crippen molar-refractivity contribution in [2.75, 3.05) is 0 Å². The van der Waals surface area contributed by atoms with Crippen LogP contribution in [0.25, 0.3) is 0 Å². The molecule has 4 bridgehead atoms. The number of nitrogens with zero attached hydrogens (tertiary/aromatic N) is 3. The minimum atomic E-state index is 0.517. The molecule has 0 radical (unpaired) electrons. The number of rotatable bonds is 2. The van der Waals surface area contributed by atoms with Crippen LogP contribution < -0.4 is 5.73 Å². The Morgan fingerprint density at radius 2 is 1.67 bits per heavy atom. The van der Waals surface area contributed by atoms with Gasteiger partial charge in [0.2, 0.25) is 0 Å². The van der Waals surface area contributed by atoms with Gasteiger partial charge < -0.3 is 10.3 Å². The maximum absolute atomic E-state index is 5.83. The van der Waals surface area contributed by atoms with E-state index in [4.69, 9.17) is 5.73 Å². The van der Waals surface area contributed by atoms with E-state index in [1.54, 1.807) is 0 Å². The van der Waals surface area contributed by atoms with Crippen molar-refractivity contribution in [1.29, 1.82) is 0 Å². The van der Waals surface area contributed by atoms with E-state index in [1.165, 1.54) is 32.1 Å². The Morgan fingerprint density at radius 3 is 2.22 bits per heavy atom. The molecule has 4 saturated carbocycles. The van der Waals surface area contributed by atoms with E-state index < -0.39 is 0 Å². The number of aromatic nitrogens is 3. The Morgan fingerprint density at radius 1 is 1.06 bits per heavy atom.